The topological polar surface area (TPSA) is 26.9 Å². The Labute approximate surface area is 103 Å². The summed E-state index contributed by atoms with van der Waals surface area (Å²) in [6.45, 7) is 0. The summed E-state index contributed by atoms with van der Waals surface area (Å²) >= 11 is 6.01. The summed E-state index contributed by atoms with van der Waals surface area (Å²) in [5.41, 5.74) is 3.88. The van der Waals surface area contributed by atoms with Crippen molar-refractivity contribution in [1.82, 2.24) is 9.13 Å². The molecule has 86 valence electrons. The molecule has 0 radical (unpaired) electrons. The fourth-order valence-corrected chi connectivity index (χ4v) is 2.57. The fraction of sp³-hybridized carbons (Fsp3) is 0.154. The predicted octanol–water partition coefficient (Wildman–Crippen LogP) is 3.14. The highest BCUT2D eigenvalue weighted by atomic mass is 35.5. The number of hydrogen-bond acceptors (Lipinski definition) is 1. The first kappa shape index (κ1) is 10.4. The van der Waals surface area contributed by atoms with Crippen molar-refractivity contribution in [3.63, 3.8) is 0 Å². The number of nitrogens with zero attached hydrogens (tertiary/aromatic N) is 2. The molecule has 0 aliphatic carbocycles. The molecule has 0 unspecified atom stereocenters. The van der Waals surface area contributed by atoms with Gasteiger partial charge < -0.3 is 9.13 Å². The quantitative estimate of drug-likeness (QED) is 0.606. The number of aryl methyl sites for hydroxylation is 2. The summed E-state index contributed by atoms with van der Waals surface area (Å²) in [6, 6.07) is 7.71. The molecule has 0 spiro atoms. The van der Waals surface area contributed by atoms with Crippen molar-refractivity contribution in [2.45, 2.75) is 0 Å². The van der Waals surface area contributed by atoms with E-state index in [9.17, 15) is 4.79 Å². The zero-order chi connectivity index (χ0) is 12.2. The third kappa shape index (κ3) is 1.26. The van der Waals surface area contributed by atoms with E-state index in [1.165, 1.54) is 0 Å². The zero-order valence-corrected chi connectivity index (χ0v) is 10.3. The molecule has 0 aliphatic rings. The molecule has 2 aromatic heterocycles. The van der Waals surface area contributed by atoms with Gasteiger partial charge in [0, 0.05) is 24.5 Å². The molecular weight excluding hydrogens is 236 g/mol. The van der Waals surface area contributed by atoms with Crippen LogP contribution in [0.15, 0.2) is 24.3 Å². The number of hydrogen-bond donors (Lipinski definition) is 0. The van der Waals surface area contributed by atoms with Gasteiger partial charge in [-0.1, -0.05) is 11.6 Å². The van der Waals surface area contributed by atoms with Crippen molar-refractivity contribution in [3.05, 3.63) is 35.0 Å². The highest BCUT2D eigenvalue weighted by Crippen LogP contribution is 2.31. The van der Waals surface area contributed by atoms with Crippen LogP contribution in [-0.4, -0.2) is 15.4 Å². The zero-order valence-electron chi connectivity index (χ0n) is 9.57. The Morgan fingerprint density at radius 2 is 1.88 bits per heavy atom. The molecule has 0 saturated carbocycles. The van der Waals surface area contributed by atoms with Gasteiger partial charge in [-0.25, -0.2) is 0 Å². The minimum absolute atomic E-state index is 0.683. The van der Waals surface area contributed by atoms with E-state index in [0.29, 0.717) is 5.69 Å². The van der Waals surface area contributed by atoms with Crippen LogP contribution >= 0.6 is 11.6 Å². The molecule has 17 heavy (non-hydrogen) atoms. The number of carbonyl (C=O) groups excluding carboxylic acids is 1. The number of halogens is 1. The van der Waals surface area contributed by atoms with Gasteiger partial charge in [0.05, 0.1) is 22.2 Å². The highest BCUT2D eigenvalue weighted by molar-refractivity contribution is 6.31. The molecule has 3 aromatic rings. The largest absolute Gasteiger partial charge is 0.342 e. The number of benzene rings is 1. The maximum Gasteiger partial charge on any atom is 0.166 e. The molecule has 2 heterocycles. The van der Waals surface area contributed by atoms with Crippen LogP contribution in [0, 0.1) is 0 Å². The predicted molar refractivity (Wildman–Crippen MR) is 69.8 cm³/mol. The SMILES string of the molecule is Cn1c(C=O)cc2c1c1ccc(Cl)cc1n2C. The van der Waals surface area contributed by atoms with Crippen LogP contribution in [0.3, 0.4) is 0 Å². The Kier molecular flexibility index (Phi) is 2.07. The van der Waals surface area contributed by atoms with Gasteiger partial charge >= 0.3 is 0 Å². The van der Waals surface area contributed by atoms with Crippen molar-refractivity contribution in [2.24, 2.45) is 14.1 Å². The van der Waals surface area contributed by atoms with E-state index in [4.69, 9.17) is 11.6 Å². The van der Waals surface area contributed by atoms with E-state index in [-0.39, 0.29) is 0 Å². The van der Waals surface area contributed by atoms with Crippen molar-refractivity contribution in [3.8, 4) is 0 Å². The second-order valence-corrected chi connectivity index (χ2v) is 4.64. The summed E-state index contributed by atoms with van der Waals surface area (Å²) in [5, 5.41) is 1.83. The third-order valence-electron chi connectivity index (χ3n) is 3.31. The van der Waals surface area contributed by atoms with Crippen molar-refractivity contribution in [1.29, 1.82) is 0 Å². The van der Waals surface area contributed by atoms with Gasteiger partial charge in [0.25, 0.3) is 0 Å². The normalized spacial score (nSPS) is 11.5. The fourth-order valence-electron chi connectivity index (χ4n) is 2.41. The Bertz CT molecular complexity index is 752. The lowest BCUT2D eigenvalue weighted by Crippen LogP contribution is -1.93. The lowest BCUT2D eigenvalue weighted by atomic mass is 10.2. The average Bonchev–Trinajstić information content (AvgIpc) is 2.78. The van der Waals surface area contributed by atoms with Crippen molar-refractivity contribution < 1.29 is 4.79 Å². The minimum Gasteiger partial charge on any atom is -0.342 e. The van der Waals surface area contributed by atoms with Crippen LogP contribution in [0.5, 0.6) is 0 Å². The van der Waals surface area contributed by atoms with Gasteiger partial charge in [-0.15, -0.1) is 0 Å². The summed E-state index contributed by atoms with van der Waals surface area (Å²) in [7, 11) is 3.88. The van der Waals surface area contributed by atoms with Crippen LogP contribution in [0.25, 0.3) is 21.9 Å². The van der Waals surface area contributed by atoms with Gasteiger partial charge in [-0.2, -0.15) is 0 Å². The third-order valence-corrected chi connectivity index (χ3v) is 3.54. The molecule has 0 bridgehead atoms. The first-order chi connectivity index (χ1) is 8.13. The number of rotatable bonds is 1. The van der Waals surface area contributed by atoms with Crippen LogP contribution in [-0.2, 0) is 14.1 Å². The summed E-state index contributed by atoms with van der Waals surface area (Å²) < 4.78 is 3.97. The number of aldehydes is 1. The molecule has 4 heteroatoms. The maximum atomic E-state index is 10.9. The number of carbonyl (C=O) groups is 1. The van der Waals surface area contributed by atoms with Gasteiger partial charge in [0.2, 0.25) is 0 Å². The number of aromatic nitrogens is 2. The summed E-state index contributed by atoms with van der Waals surface area (Å²) in [6.07, 6.45) is 0.877. The highest BCUT2D eigenvalue weighted by Gasteiger charge is 2.14. The molecule has 0 amide bonds. The molecule has 0 aliphatic heterocycles. The first-order valence-corrected chi connectivity index (χ1v) is 5.70. The Balaban J connectivity index is 2.58. The molecule has 3 rings (SSSR count). The minimum atomic E-state index is 0.683. The van der Waals surface area contributed by atoms with Crippen molar-refractivity contribution >= 4 is 39.8 Å². The van der Waals surface area contributed by atoms with Gasteiger partial charge in [0.15, 0.2) is 6.29 Å². The number of fused-ring (bicyclic) bond motifs is 3. The van der Waals surface area contributed by atoms with Gasteiger partial charge in [-0.05, 0) is 24.3 Å². The van der Waals surface area contributed by atoms with E-state index >= 15 is 0 Å². The first-order valence-electron chi connectivity index (χ1n) is 5.32. The van der Waals surface area contributed by atoms with Crippen LogP contribution in [0.1, 0.15) is 10.5 Å². The lowest BCUT2D eigenvalue weighted by molar-refractivity contribution is 0.111. The molecule has 0 saturated heterocycles. The standard InChI is InChI=1S/C13H11ClN2O/c1-15-9(7-17)6-12-13(15)10-4-3-8(14)5-11(10)16(12)2/h3-7H,1-2H3. The second-order valence-electron chi connectivity index (χ2n) is 4.20. The second kappa shape index (κ2) is 3.37. The molecule has 0 atom stereocenters. The monoisotopic (exact) mass is 246 g/mol. The van der Waals surface area contributed by atoms with Gasteiger partial charge in [0.1, 0.15) is 0 Å². The summed E-state index contributed by atoms with van der Waals surface area (Å²) in [4.78, 5) is 10.9. The van der Waals surface area contributed by atoms with Crippen LogP contribution in [0.2, 0.25) is 5.02 Å². The van der Waals surface area contributed by atoms with Crippen molar-refractivity contribution in [2.75, 3.05) is 0 Å². The maximum absolute atomic E-state index is 10.9. The van der Waals surface area contributed by atoms with E-state index in [1.807, 2.05) is 42.9 Å². The molecule has 0 N–H and O–H groups in total. The van der Waals surface area contributed by atoms with Crippen LogP contribution < -0.4 is 0 Å². The van der Waals surface area contributed by atoms with E-state index in [0.717, 1.165) is 33.2 Å². The van der Waals surface area contributed by atoms with Crippen LogP contribution in [0.4, 0.5) is 0 Å². The molecule has 0 fully saturated rings. The molecular formula is C13H11ClN2O. The lowest BCUT2D eigenvalue weighted by Gasteiger charge is -1.99. The molecule has 3 nitrogen and oxygen atoms in total. The van der Waals surface area contributed by atoms with Gasteiger partial charge in [-0.3, -0.25) is 4.79 Å². The van der Waals surface area contributed by atoms with E-state index in [1.54, 1.807) is 0 Å². The van der Waals surface area contributed by atoms with E-state index < -0.39 is 0 Å². The van der Waals surface area contributed by atoms with E-state index in [2.05, 4.69) is 4.57 Å². The Hall–Kier alpha value is -1.74. The Morgan fingerprint density at radius 1 is 1.12 bits per heavy atom. The Morgan fingerprint density at radius 3 is 2.59 bits per heavy atom. The summed E-state index contributed by atoms with van der Waals surface area (Å²) in [5.74, 6) is 0. The smallest absolute Gasteiger partial charge is 0.166 e. The molecule has 1 aromatic carbocycles. The average molecular weight is 247 g/mol.